The number of aromatic nitrogens is 5. The number of nitriles is 1. The number of hydrogen-bond acceptors (Lipinski definition) is 9. The van der Waals surface area contributed by atoms with E-state index in [9.17, 15) is 10.1 Å². The van der Waals surface area contributed by atoms with Crippen LogP contribution in [0.25, 0.3) is 5.69 Å². The van der Waals surface area contributed by atoms with Crippen LogP contribution in [-0.2, 0) is 4.79 Å². The molecule has 30 heavy (non-hydrogen) atoms. The van der Waals surface area contributed by atoms with Crippen molar-refractivity contribution in [3.63, 3.8) is 0 Å². The lowest BCUT2D eigenvalue weighted by atomic mass is 10.0. The van der Waals surface area contributed by atoms with E-state index in [1.165, 1.54) is 11.9 Å². The molecule has 0 aliphatic heterocycles. The number of anilines is 3. The second-order valence-electron chi connectivity index (χ2n) is 6.65. The van der Waals surface area contributed by atoms with Gasteiger partial charge in [-0.25, -0.2) is 0 Å². The van der Waals surface area contributed by atoms with Gasteiger partial charge in [-0.2, -0.15) is 30.2 Å². The number of nitrogens with one attached hydrogen (secondary N) is 2. The highest BCUT2D eigenvalue weighted by molar-refractivity contribution is 5.83. The van der Waals surface area contributed by atoms with Crippen molar-refractivity contribution in [2.75, 3.05) is 17.7 Å². The van der Waals surface area contributed by atoms with E-state index < -0.39 is 11.9 Å². The summed E-state index contributed by atoms with van der Waals surface area (Å²) in [7, 11) is 1.40. The predicted octanol–water partition coefficient (Wildman–Crippen LogP) is 1.60. The Kier molecular flexibility index (Phi) is 6.07. The smallest absolute Gasteiger partial charge is 0.240 e. The third-order valence-corrected chi connectivity index (χ3v) is 4.20. The Hall–Kier alpha value is -4.20. The highest BCUT2D eigenvalue weighted by Crippen LogP contribution is 2.28. The van der Waals surface area contributed by atoms with Crippen molar-refractivity contribution in [2.45, 2.75) is 19.9 Å². The molecule has 3 rings (SSSR count). The van der Waals surface area contributed by atoms with Gasteiger partial charge in [-0.05, 0) is 24.1 Å². The Morgan fingerprint density at radius 1 is 1.27 bits per heavy atom. The van der Waals surface area contributed by atoms with Crippen LogP contribution in [0.15, 0.2) is 36.7 Å². The molecular weight excluding hydrogens is 386 g/mol. The molecule has 1 amide bonds. The van der Waals surface area contributed by atoms with Gasteiger partial charge in [-0.1, -0.05) is 19.9 Å². The summed E-state index contributed by atoms with van der Waals surface area (Å²) in [5, 5.41) is 23.8. The van der Waals surface area contributed by atoms with E-state index in [1.807, 2.05) is 32.0 Å². The van der Waals surface area contributed by atoms with Crippen molar-refractivity contribution in [1.29, 1.82) is 5.26 Å². The molecule has 0 aliphatic carbocycles. The second-order valence-corrected chi connectivity index (χ2v) is 6.65. The minimum Gasteiger partial charge on any atom is -0.480 e. The van der Waals surface area contributed by atoms with E-state index in [0.29, 0.717) is 5.69 Å². The number of nitrogens with zero attached hydrogens (tertiary/aromatic N) is 6. The Bertz CT molecular complexity index is 1070. The SMILES string of the molecule is COc1nc(NC(C(N)=O)C(C)C)nc(Nc2cccc(-n3nccn3)c2)c1C#N. The van der Waals surface area contributed by atoms with Crippen LogP contribution in [0.5, 0.6) is 5.88 Å². The molecule has 0 radical (unpaired) electrons. The summed E-state index contributed by atoms with van der Waals surface area (Å²) >= 11 is 0. The Morgan fingerprint density at radius 2 is 2.00 bits per heavy atom. The van der Waals surface area contributed by atoms with Crippen LogP contribution < -0.4 is 21.1 Å². The van der Waals surface area contributed by atoms with Gasteiger partial charge in [-0.3, -0.25) is 4.79 Å². The van der Waals surface area contributed by atoms with Crippen LogP contribution in [0.4, 0.5) is 17.5 Å². The van der Waals surface area contributed by atoms with Crippen LogP contribution in [0, 0.1) is 17.2 Å². The first-order valence-corrected chi connectivity index (χ1v) is 9.08. The maximum Gasteiger partial charge on any atom is 0.240 e. The summed E-state index contributed by atoms with van der Waals surface area (Å²) in [5.41, 5.74) is 6.94. The Morgan fingerprint density at radius 3 is 2.60 bits per heavy atom. The van der Waals surface area contributed by atoms with Gasteiger partial charge in [0.1, 0.15) is 12.1 Å². The molecule has 0 spiro atoms. The topological polar surface area (TPSA) is 157 Å². The first kappa shape index (κ1) is 20.5. The molecule has 154 valence electrons. The van der Waals surface area contributed by atoms with Crippen molar-refractivity contribution in [1.82, 2.24) is 25.0 Å². The number of hydrogen-bond donors (Lipinski definition) is 3. The van der Waals surface area contributed by atoms with Gasteiger partial charge >= 0.3 is 0 Å². The number of nitrogens with two attached hydrogens (primary N) is 1. The predicted molar refractivity (Wildman–Crippen MR) is 109 cm³/mol. The zero-order valence-electron chi connectivity index (χ0n) is 16.7. The van der Waals surface area contributed by atoms with Crippen molar-refractivity contribution < 1.29 is 9.53 Å². The van der Waals surface area contributed by atoms with Gasteiger partial charge in [0.2, 0.25) is 17.7 Å². The van der Waals surface area contributed by atoms with E-state index in [2.05, 4.69) is 30.8 Å². The zero-order valence-corrected chi connectivity index (χ0v) is 16.7. The fourth-order valence-electron chi connectivity index (χ4n) is 2.74. The van der Waals surface area contributed by atoms with E-state index >= 15 is 0 Å². The van der Waals surface area contributed by atoms with Gasteiger partial charge in [-0.15, -0.1) is 0 Å². The number of benzene rings is 1. The molecule has 0 saturated heterocycles. The molecule has 4 N–H and O–H groups in total. The quantitative estimate of drug-likeness (QED) is 0.504. The van der Waals surface area contributed by atoms with Crippen molar-refractivity contribution in [3.05, 3.63) is 42.2 Å². The average molecular weight is 407 g/mol. The summed E-state index contributed by atoms with van der Waals surface area (Å²) in [6, 6.07) is 8.60. The van der Waals surface area contributed by atoms with Crippen LogP contribution in [0.1, 0.15) is 19.4 Å². The Labute approximate surface area is 172 Å². The van der Waals surface area contributed by atoms with Gasteiger partial charge in [0, 0.05) is 5.69 Å². The maximum absolute atomic E-state index is 11.7. The largest absolute Gasteiger partial charge is 0.480 e. The van der Waals surface area contributed by atoms with E-state index in [0.717, 1.165) is 5.69 Å². The third kappa shape index (κ3) is 4.44. The van der Waals surface area contributed by atoms with E-state index in [1.54, 1.807) is 24.5 Å². The first-order chi connectivity index (χ1) is 14.4. The molecule has 1 unspecified atom stereocenters. The van der Waals surface area contributed by atoms with Crippen molar-refractivity contribution >= 4 is 23.4 Å². The molecule has 0 bridgehead atoms. The van der Waals surface area contributed by atoms with Crippen LogP contribution in [0.3, 0.4) is 0 Å². The molecule has 11 nitrogen and oxygen atoms in total. The lowest BCUT2D eigenvalue weighted by molar-refractivity contribution is -0.119. The van der Waals surface area contributed by atoms with Gasteiger partial charge in [0.25, 0.3) is 0 Å². The molecule has 11 heteroatoms. The lowest BCUT2D eigenvalue weighted by Gasteiger charge is -2.20. The molecule has 0 aliphatic rings. The normalized spacial score (nSPS) is 11.6. The molecular formula is C19H21N9O2. The summed E-state index contributed by atoms with van der Waals surface area (Å²) in [4.78, 5) is 21.8. The molecule has 1 atom stereocenters. The molecule has 0 saturated carbocycles. The molecule has 3 aromatic rings. The minimum absolute atomic E-state index is 0.0642. The van der Waals surface area contributed by atoms with Crippen LogP contribution in [0.2, 0.25) is 0 Å². The molecule has 1 aromatic carbocycles. The standard InChI is InChI=1S/C19H21N9O2/c1-11(2)15(16(21)29)25-19-26-17(14(10-20)18(27-19)30-3)24-12-5-4-6-13(9-12)28-22-7-8-23-28/h4-9,11,15H,1-3H3,(H2,21,29)(H2,24,25,26,27). The minimum atomic E-state index is -0.690. The van der Waals surface area contributed by atoms with Crippen molar-refractivity contribution in [2.24, 2.45) is 11.7 Å². The van der Waals surface area contributed by atoms with Gasteiger partial charge < -0.3 is 21.1 Å². The van der Waals surface area contributed by atoms with Crippen LogP contribution in [-0.4, -0.2) is 44.0 Å². The monoisotopic (exact) mass is 407 g/mol. The average Bonchev–Trinajstić information content (AvgIpc) is 3.26. The second kappa shape index (κ2) is 8.87. The number of rotatable bonds is 8. The summed E-state index contributed by atoms with van der Waals surface area (Å²) in [6.07, 6.45) is 3.15. The molecule has 2 aromatic heterocycles. The number of ether oxygens (including phenoxy) is 1. The summed E-state index contributed by atoms with van der Waals surface area (Å²) < 4.78 is 5.25. The molecule has 2 heterocycles. The Balaban J connectivity index is 1.98. The number of methoxy groups -OCH3 is 1. The highest BCUT2D eigenvalue weighted by atomic mass is 16.5. The number of carbonyl (C=O) groups excluding carboxylic acids is 1. The first-order valence-electron chi connectivity index (χ1n) is 9.08. The van der Waals surface area contributed by atoms with Crippen LogP contribution >= 0.6 is 0 Å². The van der Waals surface area contributed by atoms with E-state index in [-0.39, 0.29) is 29.1 Å². The van der Waals surface area contributed by atoms with Gasteiger partial charge in [0.05, 0.1) is 25.2 Å². The summed E-state index contributed by atoms with van der Waals surface area (Å²) in [5.74, 6) is -0.247. The van der Waals surface area contributed by atoms with Crippen molar-refractivity contribution in [3.8, 4) is 17.6 Å². The number of primary amides is 1. The lowest BCUT2D eigenvalue weighted by Crippen LogP contribution is -2.40. The highest BCUT2D eigenvalue weighted by Gasteiger charge is 2.23. The zero-order chi connectivity index (χ0) is 21.7. The third-order valence-electron chi connectivity index (χ3n) is 4.20. The summed E-state index contributed by atoms with van der Waals surface area (Å²) in [6.45, 7) is 3.69. The molecule has 0 fully saturated rings. The van der Waals surface area contributed by atoms with E-state index in [4.69, 9.17) is 10.5 Å². The maximum atomic E-state index is 11.7. The number of amides is 1. The fourth-order valence-corrected chi connectivity index (χ4v) is 2.74. The van der Waals surface area contributed by atoms with Gasteiger partial charge in [0.15, 0.2) is 11.4 Å². The number of carbonyl (C=O) groups is 1. The fraction of sp³-hybridized carbons (Fsp3) is 0.263.